The van der Waals surface area contributed by atoms with E-state index in [-0.39, 0.29) is 5.82 Å². The first-order valence-corrected chi connectivity index (χ1v) is 7.42. The number of benzene rings is 1. The van der Waals surface area contributed by atoms with Gasteiger partial charge in [-0.05, 0) is 24.6 Å². The van der Waals surface area contributed by atoms with E-state index in [1.54, 1.807) is 14.2 Å². The second-order valence-corrected chi connectivity index (χ2v) is 5.16. The summed E-state index contributed by atoms with van der Waals surface area (Å²) >= 11 is 0. The Labute approximate surface area is 138 Å². The largest absolute Gasteiger partial charge is 0.493 e. The molecular weight excluding hydrogens is 310 g/mol. The zero-order valence-corrected chi connectivity index (χ0v) is 13.6. The number of nitrogens with zero attached hydrogens (tertiary/aromatic N) is 2. The third-order valence-corrected chi connectivity index (χ3v) is 3.85. The molecule has 0 unspecified atom stereocenters. The molecule has 124 valence electrons. The molecule has 0 radical (unpaired) electrons. The predicted molar refractivity (Wildman–Crippen MR) is 88.8 cm³/mol. The second kappa shape index (κ2) is 6.19. The van der Waals surface area contributed by atoms with Gasteiger partial charge in [0.15, 0.2) is 11.5 Å². The van der Waals surface area contributed by atoms with Crippen LogP contribution in [0.2, 0.25) is 0 Å². The molecule has 0 amide bonds. The third kappa shape index (κ3) is 2.54. The fraction of sp³-hybridized carbons (Fsp3) is 0.235. The minimum absolute atomic E-state index is 0.213. The first kappa shape index (κ1) is 15.8. The molecule has 0 bridgehead atoms. The smallest absolute Gasteiger partial charge is 0.373 e. The molecule has 3 aromatic rings. The number of aromatic nitrogens is 3. The van der Waals surface area contributed by atoms with Crippen molar-refractivity contribution >= 4 is 17.0 Å². The highest BCUT2D eigenvalue weighted by molar-refractivity contribution is 5.91. The lowest BCUT2D eigenvalue weighted by atomic mass is 10.0. The molecule has 2 heterocycles. The zero-order valence-electron chi connectivity index (χ0n) is 13.6. The van der Waals surface area contributed by atoms with Gasteiger partial charge in [0.25, 0.3) is 0 Å². The number of aromatic carboxylic acids is 1. The summed E-state index contributed by atoms with van der Waals surface area (Å²) in [4.78, 5) is 22.4. The van der Waals surface area contributed by atoms with Crippen LogP contribution in [0.4, 0.5) is 0 Å². The first-order valence-electron chi connectivity index (χ1n) is 7.42. The van der Waals surface area contributed by atoms with Gasteiger partial charge < -0.3 is 19.6 Å². The number of rotatable bonds is 5. The molecule has 0 aliphatic heterocycles. The minimum atomic E-state index is -1.15. The Bertz CT molecular complexity index is 918. The van der Waals surface area contributed by atoms with Gasteiger partial charge in [-0.25, -0.2) is 14.8 Å². The number of hydrogen-bond acceptors (Lipinski definition) is 5. The van der Waals surface area contributed by atoms with E-state index in [1.807, 2.05) is 25.1 Å². The van der Waals surface area contributed by atoms with Crippen LogP contribution in [-0.2, 0) is 6.42 Å². The van der Waals surface area contributed by atoms with Gasteiger partial charge >= 0.3 is 5.97 Å². The van der Waals surface area contributed by atoms with Gasteiger partial charge in [0.05, 0.1) is 37.1 Å². The molecule has 0 fully saturated rings. The van der Waals surface area contributed by atoms with Crippen molar-refractivity contribution in [2.24, 2.45) is 0 Å². The molecule has 0 atom stereocenters. The number of methoxy groups -OCH3 is 2. The Hall–Kier alpha value is -3.09. The number of carboxylic acid groups (broad SMARTS) is 1. The lowest BCUT2D eigenvalue weighted by molar-refractivity contribution is 0.0684. The highest BCUT2D eigenvalue weighted by Gasteiger charge is 2.17. The quantitative estimate of drug-likeness (QED) is 0.748. The molecular formula is C17H17N3O4. The average molecular weight is 327 g/mol. The molecule has 0 saturated heterocycles. The number of fused-ring (bicyclic) bond motifs is 1. The predicted octanol–water partition coefficient (Wildman–Crippen LogP) is 2.90. The Morgan fingerprint density at radius 1 is 1.25 bits per heavy atom. The number of aryl methyl sites for hydroxylation is 1. The summed E-state index contributed by atoms with van der Waals surface area (Å²) in [5, 5.41) is 9.09. The number of ether oxygens (including phenoxy) is 2. The van der Waals surface area contributed by atoms with Crippen LogP contribution in [0.5, 0.6) is 11.5 Å². The van der Waals surface area contributed by atoms with Crippen molar-refractivity contribution in [2.45, 2.75) is 13.3 Å². The second-order valence-electron chi connectivity index (χ2n) is 5.16. The Morgan fingerprint density at radius 3 is 2.62 bits per heavy atom. The Kier molecular flexibility index (Phi) is 4.07. The van der Waals surface area contributed by atoms with Crippen molar-refractivity contribution in [2.75, 3.05) is 14.2 Å². The molecule has 7 nitrogen and oxygen atoms in total. The molecule has 2 N–H and O–H groups in total. The lowest BCUT2D eigenvalue weighted by Gasteiger charge is -2.09. The maximum absolute atomic E-state index is 11.1. The highest BCUT2D eigenvalue weighted by atomic mass is 16.5. The van der Waals surface area contributed by atoms with Crippen molar-refractivity contribution in [3.05, 3.63) is 35.8 Å². The van der Waals surface area contributed by atoms with Gasteiger partial charge in [0.1, 0.15) is 0 Å². The van der Waals surface area contributed by atoms with Crippen LogP contribution < -0.4 is 9.47 Å². The van der Waals surface area contributed by atoms with Crippen LogP contribution in [-0.4, -0.2) is 40.2 Å². The summed E-state index contributed by atoms with van der Waals surface area (Å²) in [5.41, 5.74) is 4.02. The molecule has 3 rings (SSSR count). The van der Waals surface area contributed by atoms with Gasteiger partial charge in [-0.3, -0.25) is 0 Å². The summed E-state index contributed by atoms with van der Waals surface area (Å²) in [6, 6.07) is 5.61. The van der Waals surface area contributed by atoms with E-state index < -0.39 is 5.97 Å². The summed E-state index contributed by atoms with van der Waals surface area (Å²) in [5.74, 6) is -0.0979. The van der Waals surface area contributed by atoms with E-state index in [1.165, 1.54) is 6.20 Å². The number of carbonyl (C=O) groups is 1. The van der Waals surface area contributed by atoms with E-state index in [4.69, 9.17) is 14.6 Å². The molecule has 7 heteroatoms. The van der Waals surface area contributed by atoms with Crippen LogP contribution >= 0.6 is 0 Å². The van der Waals surface area contributed by atoms with Crippen LogP contribution in [0.1, 0.15) is 23.1 Å². The van der Waals surface area contributed by atoms with Gasteiger partial charge in [0, 0.05) is 11.1 Å². The van der Waals surface area contributed by atoms with E-state index in [0.717, 1.165) is 16.8 Å². The van der Waals surface area contributed by atoms with Gasteiger partial charge in [-0.1, -0.05) is 6.92 Å². The highest BCUT2D eigenvalue weighted by Crippen LogP contribution is 2.35. The van der Waals surface area contributed by atoms with Crippen molar-refractivity contribution < 1.29 is 19.4 Å². The van der Waals surface area contributed by atoms with Crippen LogP contribution in [0.3, 0.4) is 0 Å². The summed E-state index contributed by atoms with van der Waals surface area (Å²) in [7, 11) is 3.17. The van der Waals surface area contributed by atoms with Gasteiger partial charge in [0.2, 0.25) is 5.82 Å². The lowest BCUT2D eigenvalue weighted by Crippen LogP contribution is -2.03. The first-order chi connectivity index (χ1) is 11.6. The van der Waals surface area contributed by atoms with Crippen molar-refractivity contribution in [3.8, 4) is 22.8 Å². The average Bonchev–Trinajstić information content (AvgIpc) is 2.98. The summed E-state index contributed by atoms with van der Waals surface area (Å²) in [6.07, 6.45) is 2.19. The maximum atomic E-state index is 11.1. The van der Waals surface area contributed by atoms with Crippen LogP contribution in [0, 0.1) is 0 Å². The normalized spacial score (nSPS) is 10.8. The maximum Gasteiger partial charge on any atom is 0.373 e. The van der Waals surface area contributed by atoms with E-state index in [2.05, 4.69) is 15.0 Å². The molecule has 24 heavy (non-hydrogen) atoms. The van der Waals surface area contributed by atoms with Gasteiger partial charge in [-0.2, -0.15) is 0 Å². The topological polar surface area (TPSA) is 97.3 Å². The molecule has 0 aliphatic carbocycles. The Balaban J connectivity index is 2.21. The van der Waals surface area contributed by atoms with E-state index in [9.17, 15) is 4.79 Å². The molecule has 0 saturated carbocycles. The zero-order chi connectivity index (χ0) is 17.3. The van der Waals surface area contributed by atoms with Crippen molar-refractivity contribution in [3.63, 3.8) is 0 Å². The minimum Gasteiger partial charge on any atom is -0.493 e. The third-order valence-electron chi connectivity index (χ3n) is 3.85. The van der Waals surface area contributed by atoms with Crippen molar-refractivity contribution in [1.82, 2.24) is 15.0 Å². The van der Waals surface area contributed by atoms with Crippen molar-refractivity contribution in [1.29, 1.82) is 0 Å². The van der Waals surface area contributed by atoms with E-state index >= 15 is 0 Å². The molecule has 0 aliphatic rings. The monoisotopic (exact) mass is 327 g/mol. The number of H-pyrrole nitrogens is 1. The Morgan fingerprint density at radius 2 is 2.00 bits per heavy atom. The van der Waals surface area contributed by atoms with E-state index in [0.29, 0.717) is 29.0 Å². The number of carboxylic acids is 1. The van der Waals surface area contributed by atoms with Crippen LogP contribution in [0.15, 0.2) is 24.4 Å². The van der Waals surface area contributed by atoms with Gasteiger partial charge in [-0.15, -0.1) is 0 Å². The fourth-order valence-corrected chi connectivity index (χ4v) is 2.72. The number of hydrogen-bond donors (Lipinski definition) is 2. The molecule has 0 spiro atoms. The summed E-state index contributed by atoms with van der Waals surface area (Å²) in [6.45, 7) is 2.00. The van der Waals surface area contributed by atoms with Crippen LogP contribution in [0.25, 0.3) is 22.3 Å². The molecule has 1 aromatic carbocycles. The standard InChI is InChI=1S/C17H17N3O4/c1-4-10-14(9-5-6-12(23-2)13(7-9)24-3)19-11-8-18-16(17(21)22)20-15(10)11/h5-8,19H,4H2,1-3H3,(H,21,22). The molecule has 2 aromatic heterocycles. The number of nitrogens with one attached hydrogen (secondary N) is 1. The fourth-order valence-electron chi connectivity index (χ4n) is 2.72. The summed E-state index contributed by atoms with van der Waals surface area (Å²) < 4.78 is 10.6. The number of aromatic amines is 1. The SMILES string of the molecule is CCc1c(-c2ccc(OC)c(OC)c2)[nH]c2cnc(C(=O)O)nc12.